The van der Waals surface area contributed by atoms with E-state index in [1.807, 2.05) is 36.1 Å². The molecule has 4 rings (SSSR count). The molecule has 2 heterocycles. The van der Waals surface area contributed by atoms with Crippen molar-refractivity contribution in [3.05, 3.63) is 70.3 Å². The highest BCUT2D eigenvalue weighted by atomic mass is 16.2. The van der Waals surface area contributed by atoms with Crippen LogP contribution in [0.3, 0.4) is 0 Å². The van der Waals surface area contributed by atoms with E-state index in [1.165, 1.54) is 11.0 Å². The summed E-state index contributed by atoms with van der Waals surface area (Å²) in [5.41, 5.74) is 2.63. The van der Waals surface area contributed by atoms with E-state index in [0.29, 0.717) is 42.6 Å². The Morgan fingerprint density at radius 3 is 2.28 bits per heavy atom. The van der Waals surface area contributed by atoms with Crippen LogP contribution < -0.4 is 5.32 Å². The number of hydrogen-bond donors (Lipinski definition) is 1. The first-order valence-electron chi connectivity index (χ1n) is 11.0. The van der Waals surface area contributed by atoms with Gasteiger partial charge in [0.15, 0.2) is 0 Å². The molecule has 1 saturated heterocycles. The molecule has 2 aromatic rings. The lowest BCUT2D eigenvalue weighted by molar-refractivity contribution is 0.0607. The Morgan fingerprint density at radius 2 is 1.62 bits per heavy atom. The second kappa shape index (κ2) is 8.57. The molecule has 2 aliphatic rings. The molecule has 4 amide bonds. The third-order valence-electron chi connectivity index (χ3n) is 6.19. The van der Waals surface area contributed by atoms with Gasteiger partial charge in [0, 0.05) is 36.3 Å². The van der Waals surface area contributed by atoms with Crippen LogP contribution in [0.25, 0.3) is 0 Å². The Bertz CT molecular complexity index is 1100. The summed E-state index contributed by atoms with van der Waals surface area (Å²) in [7, 11) is 0. The summed E-state index contributed by atoms with van der Waals surface area (Å²) in [6, 6.07) is 11.9. The standard InChI is InChI=1S/C25H27N3O4/c1-15(2)28-24(31)20-9-8-17(14-21(20)25(28)32)22(29)26-18-10-12-27(13-11-18)23(30)19-7-5-4-6-16(19)3/h4-9,14-15,18H,10-13H2,1-3H3,(H,26,29). The van der Waals surface area contributed by atoms with Crippen molar-refractivity contribution in [1.29, 1.82) is 0 Å². The van der Waals surface area contributed by atoms with Gasteiger partial charge in [0.1, 0.15) is 0 Å². The molecule has 7 nitrogen and oxygen atoms in total. The summed E-state index contributed by atoms with van der Waals surface area (Å²) in [5, 5.41) is 3.01. The normalized spacial score (nSPS) is 16.5. The molecular weight excluding hydrogens is 406 g/mol. The average molecular weight is 434 g/mol. The Labute approximate surface area is 187 Å². The number of benzene rings is 2. The maximum Gasteiger partial charge on any atom is 0.261 e. The second-order valence-corrected chi connectivity index (χ2v) is 8.69. The number of fused-ring (bicyclic) bond motifs is 1. The number of nitrogens with zero attached hydrogens (tertiary/aromatic N) is 2. The van der Waals surface area contributed by atoms with Gasteiger partial charge in [-0.25, -0.2) is 0 Å². The minimum atomic E-state index is -0.363. The van der Waals surface area contributed by atoms with E-state index in [-0.39, 0.29) is 41.3 Å². The molecule has 0 bridgehead atoms. The second-order valence-electron chi connectivity index (χ2n) is 8.69. The van der Waals surface area contributed by atoms with Crippen molar-refractivity contribution >= 4 is 23.6 Å². The van der Waals surface area contributed by atoms with E-state index < -0.39 is 0 Å². The van der Waals surface area contributed by atoms with E-state index in [0.717, 1.165) is 5.56 Å². The summed E-state index contributed by atoms with van der Waals surface area (Å²) in [5.74, 6) is -0.945. The summed E-state index contributed by atoms with van der Waals surface area (Å²) in [6.07, 6.45) is 1.32. The molecule has 0 aliphatic carbocycles. The van der Waals surface area contributed by atoms with Gasteiger partial charge in [0.2, 0.25) is 0 Å². The Morgan fingerprint density at radius 1 is 0.969 bits per heavy atom. The van der Waals surface area contributed by atoms with E-state index in [1.54, 1.807) is 26.0 Å². The summed E-state index contributed by atoms with van der Waals surface area (Å²) >= 11 is 0. The Kier molecular flexibility index (Phi) is 5.82. The number of amides is 4. The van der Waals surface area contributed by atoms with Gasteiger partial charge in [-0.15, -0.1) is 0 Å². The SMILES string of the molecule is Cc1ccccc1C(=O)N1CCC(NC(=O)c2ccc3c(c2)C(=O)N(C(C)C)C3=O)CC1. The number of carbonyl (C=O) groups is 4. The lowest BCUT2D eigenvalue weighted by Gasteiger charge is -2.32. The van der Waals surface area contributed by atoms with Crippen LogP contribution in [0, 0.1) is 6.92 Å². The van der Waals surface area contributed by atoms with Gasteiger partial charge in [-0.05, 0) is 63.4 Å². The first-order chi connectivity index (χ1) is 15.3. The fourth-order valence-corrected chi connectivity index (χ4v) is 4.35. The molecule has 0 saturated carbocycles. The third-order valence-corrected chi connectivity index (χ3v) is 6.19. The van der Waals surface area contributed by atoms with Gasteiger partial charge in [-0.1, -0.05) is 18.2 Å². The van der Waals surface area contributed by atoms with Crippen LogP contribution in [0.15, 0.2) is 42.5 Å². The van der Waals surface area contributed by atoms with Crippen LogP contribution in [0.5, 0.6) is 0 Å². The topological polar surface area (TPSA) is 86.8 Å². The molecule has 2 aromatic carbocycles. The summed E-state index contributed by atoms with van der Waals surface area (Å²) in [6.45, 7) is 6.63. The number of imide groups is 1. The average Bonchev–Trinajstić information content (AvgIpc) is 3.03. The highest BCUT2D eigenvalue weighted by Gasteiger charge is 2.37. The number of nitrogens with one attached hydrogen (secondary N) is 1. The van der Waals surface area contributed by atoms with Crippen molar-refractivity contribution in [2.75, 3.05) is 13.1 Å². The number of hydrogen-bond acceptors (Lipinski definition) is 4. The summed E-state index contributed by atoms with van der Waals surface area (Å²) in [4.78, 5) is 53.6. The van der Waals surface area contributed by atoms with Crippen molar-refractivity contribution in [3.63, 3.8) is 0 Å². The maximum absolute atomic E-state index is 12.8. The highest BCUT2D eigenvalue weighted by molar-refractivity contribution is 6.22. The maximum atomic E-state index is 12.8. The zero-order valence-electron chi connectivity index (χ0n) is 18.6. The molecule has 0 unspecified atom stereocenters. The molecule has 0 atom stereocenters. The van der Waals surface area contributed by atoms with E-state index in [9.17, 15) is 19.2 Å². The van der Waals surface area contributed by atoms with Crippen LogP contribution in [0.2, 0.25) is 0 Å². The largest absolute Gasteiger partial charge is 0.349 e. The molecule has 0 spiro atoms. The van der Waals surface area contributed by atoms with Crippen molar-refractivity contribution < 1.29 is 19.2 Å². The van der Waals surface area contributed by atoms with Gasteiger partial charge < -0.3 is 10.2 Å². The molecule has 1 N–H and O–H groups in total. The molecule has 0 aromatic heterocycles. The molecule has 1 fully saturated rings. The Hall–Kier alpha value is -3.48. The third kappa shape index (κ3) is 3.90. The van der Waals surface area contributed by atoms with Crippen molar-refractivity contribution in [2.24, 2.45) is 0 Å². The zero-order valence-corrected chi connectivity index (χ0v) is 18.6. The van der Waals surface area contributed by atoms with Crippen molar-refractivity contribution in [1.82, 2.24) is 15.1 Å². The van der Waals surface area contributed by atoms with Crippen LogP contribution in [-0.4, -0.2) is 58.6 Å². The zero-order chi connectivity index (χ0) is 23.0. The van der Waals surface area contributed by atoms with E-state index in [4.69, 9.17) is 0 Å². The lowest BCUT2D eigenvalue weighted by atomic mass is 10.0. The fourth-order valence-electron chi connectivity index (χ4n) is 4.35. The predicted molar refractivity (Wildman–Crippen MR) is 120 cm³/mol. The highest BCUT2D eigenvalue weighted by Crippen LogP contribution is 2.26. The number of rotatable bonds is 4. The molecule has 0 radical (unpaired) electrons. The van der Waals surface area contributed by atoms with Crippen molar-refractivity contribution in [2.45, 2.75) is 45.7 Å². The number of aryl methyl sites for hydroxylation is 1. The predicted octanol–water partition coefficient (Wildman–Crippen LogP) is 3.03. The van der Waals surface area contributed by atoms with Crippen LogP contribution >= 0.6 is 0 Å². The molecule has 32 heavy (non-hydrogen) atoms. The number of likely N-dealkylation sites (tertiary alicyclic amines) is 1. The quantitative estimate of drug-likeness (QED) is 0.751. The molecular formula is C25H27N3O4. The van der Waals surface area contributed by atoms with Gasteiger partial charge in [0.05, 0.1) is 11.1 Å². The molecule has 7 heteroatoms. The Balaban J connectivity index is 1.38. The van der Waals surface area contributed by atoms with Gasteiger partial charge in [0.25, 0.3) is 23.6 Å². The van der Waals surface area contributed by atoms with Crippen LogP contribution in [0.1, 0.15) is 73.7 Å². The van der Waals surface area contributed by atoms with E-state index >= 15 is 0 Å². The number of carbonyl (C=O) groups excluding carboxylic acids is 4. The molecule has 166 valence electrons. The minimum absolute atomic E-state index is 0.0179. The first kappa shape index (κ1) is 21.7. The first-order valence-corrected chi connectivity index (χ1v) is 11.0. The van der Waals surface area contributed by atoms with Gasteiger partial charge in [-0.2, -0.15) is 0 Å². The minimum Gasteiger partial charge on any atom is -0.349 e. The smallest absolute Gasteiger partial charge is 0.261 e. The monoisotopic (exact) mass is 433 g/mol. The number of piperidine rings is 1. The van der Waals surface area contributed by atoms with Crippen LogP contribution in [-0.2, 0) is 0 Å². The van der Waals surface area contributed by atoms with Gasteiger partial charge in [-0.3, -0.25) is 24.1 Å². The van der Waals surface area contributed by atoms with Crippen LogP contribution in [0.4, 0.5) is 0 Å². The fraction of sp³-hybridized carbons (Fsp3) is 0.360. The lowest BCUT2D eigenvalue weighted by Crippen LogP contribution is -2.46. The molecule has 2 aliphatic heterocycles. The summed E-state index contributed by atoms with van der Waals surface area (Å²) < 4.78 is 0. The van der Waals surface area contributed by atoms with Crippen molar-refractivity contribution in [3.8, 4) is 0 Å². The van der Waals surface area contributed by atoms with Gasteiger partial charge >= 0.3 is 0 Å². The van der Waals surface area contributed by atoms with E-state index in [2.05, 4.69) is 5.32 Å².